The molecule has 19 heteroatoms. The van der Waals surface area contributed by atoms with Crippen LogP contribution in [0.15, 0.2) is 97.8 Å². The van der Waals surface area contributed by atoms with E-state index in [1.807, 2.05) is 54.8 Å². The summed E-state index contributed by atoms with van der Waals surface area (Å²) < 4.78 is 83.2. The average molecular weight is 899 g/mol. The highest BCUT2D eigenvalue weighted by atomic mass is 19.4. The molecule has 4 heterocycles. The molecule has 0 bridgehead atoms. The van der Waals surface area contributed by atoms with Crippen LogP contribution in [0.1, 0.15) is 58.0 Å². The Hall–Kier alpha value is -7.44. The zero-order valence-electron chi connectivity index (χ0n) is 35.9. The number of hydrogen-bond acceptors (Lipinski definition) is 8. The number of carboxylic acid groups (broad SMARTS) is 1. The third-order valence-corrected chi connectivity index (χ3v) is 10.8. The van der Waals surface area contributed by atoms with Crippen molar-refractivity contribution in [3.63, 3.8) is 0 Å². The summed E-state index contributed by atoms with van der Waals surface area (Å²) in [5.41, 5.74) is 10.5. The quantitative estimate of drug-likeness (QED) is 0.0759. The first kappa shape index (κ1) is 45.6. The number of carbonyl (C=O) groups excluding carboxylic acids is 1. The first-order valence-electron chi connectivity index (χ1n) is 20.4. The predicted octanol–water partition coefficient (Wildman–Crippen LogP) is 10.5. The van der Waals surface area contributed by atoms with Crippen molar-refractivity contribution in [1.82, 2.24) is 38.7 Å². The van der Waals surface area contributed by atoms with E-state index in [9.17, 15) is 41.0 Å². The number of halogens is 6. The topological polar surface area (TPSA) is 150 Å². The van der Waals surface area contributed by atoms with Gasteiger partial charge in [0, 0.05) is 74.1 Å². The number of ketones is 1. The van der Waals surface area contributed by atoms with Crippen molar-refractivity contribution in [3.8, 4) is 33.9 Å². The number of nitrogens with one attached hydrogen (secondary N) is 2. The number of fused-ring (bicyclic) bond motifs is 2. The zero-order chi connectivity index (χ0) is 46.8. The number of nitrogens with zero attached hydrogens (tertiary/aromatic N) is 8. The minimum absolute atomic E-state index is 0.0733. The number of Topliss-reactive ketones (excluding diaryl/α,β-unsaturated/α-hetero) is 1. The summed E-state index contributed by atoms with van der Waals surface area (Å²) >= 11 is 0. The molecule has 0 aliphatic carbocycles. The SMILES string of the molecule is CCC(=O)c1ccc(-n2cnc3c(NCCC(F)(F)F)cc(-c4ccnn4C)cc32)cc1C.Cc1cc(-n2cnc3c(NCCC(F)(F)F)cc(-c4ccnn4C)cc32)ccc1C(=O)O. The van der Waals surface area contributed by atoms with E-state index in [0.29, 0.717) is 51.2 Å². The second-order valence-electron chi connectivity index (χ2n) is 15.4. The van der Waals surface area contributed by atoms with Crippen LogP contribution in [0.4, 0.5) is 37.7 Å². The van der Waals surface area contributed by atoms with Gasteiger partial charge >= 0.3 is 18.3 Å². The van der Waals surface area contributed by atoms with E-state index in [-0.39, 0.29) is 24.4 Å². The van der Waals surface area contributed by atoms with Gasteiger partial charge in [-0.2, -0.15) is 36.5 Å². The molecule has 65 heavy (non-hydrogen) atoms. The molecule has 338 valence electrons. The standard InChI is InChI=1S/C24H24F3N5O.C22H20F3N5O2/c1-4-22(33)18-6-5-17(11-15(18)2)32-14-29-23-19(28-10-8-24(25,26)27)12-16(13-21(23)32)20-7-9-30-31(20)3;1-13-9-15(3-4-16(13)21(31)32)30-12-27-20-17(26-8-6-22(23,24)25)10-14(11-19(20)30)18-5-7-28-29(18)2/h5-7,9,11-14,28H,4,8,10H2,1-3H3;3-5,7,9-12,26H,6,8H2,1-2H3,(H,31,32). The largest absolute Gasteiger partial charge is 0.478 e. The molecule has 0 atom stereocenters. The van der Waals surface area contributed by atoms with Crippen LogP contribution >= 0.6 is 0 Å². The first-order chi connectivity index (χ1) is 30.8. The number of imidazole rings is 2. The Morgan fingerprint density at radius 2 is 1.06 bits per heavy atom. The van der Waals surface area contributed by atoms with Crippen molar-refractivity contribution < 1.29 is 41.0 Å². The number of rotatable bonds is 13. The van der Waals surface area contributed by atoms with Crippen molar-refractivity contribution in [2.24, 2.45) is 14.1 Å². The summed E-state index contributed by atoms with van der Waals surface area (Å²) in [6, 6.07) is 21.5. The van der Waals surface area contributed by atoms with Crippen molar-refractivity contribution in [3.05, 3.63) is 120 Å². The fraction of sp³-hybridized carbons (Fsp3) is 0.261. The van der Waals surface area contributed by atoms with Gasteiger partial charge < -0.3 is 15.7 Å². The number of carbonyl (C=O) groups is 2. The van der Waals surface area contributed by atoms with E-state index in [1.54, 1.807) is 90.3 Å². The molecule has 0 aliphatic heterocycles. The third kappa shape index (κ3) is 10.2. The number of aromatic nitrogens is 8. The van der Waals surface area contributed by atoms with Gasteiger partial charge in [-0.3, -0.25) is 23.3 Å². The van der Waals surface area contributed by atoms with Gasteiger partial charge in [-0.1, -0.05) is 6.92 Å². The molecule has 0 spiro atoms. The molecule has 0 aliphatic rings. The van der Waals surface area contributed by atoms with Crippen molar-refractivity contribution in [2.75, 3.05) is 23.7 Å². The molecule has 0 saturated carbocycles. The maximum Gasteiger partial charge on any atom is 0.390 e. The number of carboxylic acids is 1. The molecule has 4 aromatic heterocycles. The van der Waals surface area contributed by atoms with Gasteiger partial charge in [-0.05, 0) is 97.8 Å². The Labute approximate surface area is 368 Å². The Morgan fingerprint density at radius 3 is 1.42 bits per heavy atom. The molecule has 13 nitrogen and oxygen atoms in total. The molecule has 8 aromatic rings. The fourth-order valence-electron chi connectivity index (χ4n) is 7.54. The molecule has 0 unspecified atom stereocenters. The Balaban J connectivity index is 0.000000194. The monoisotopic (exact) mass is 898 g/mol. The van der Waals surface area contributed by atoms with Gasteiger partial charge in [0.05, 0.1) is 52.2 Å². The lowest BCUT2D eigenvalue weighted by Gasteiger charge is -2.13. The second-order valence-corrected chi connectivity index (χ2v) is 15.4. The van der Waals surface area contributed by atoms with Crippen LogP contribution in [0, 0.1) is 13.8 Å². The van der Waals surface area contributed by atoms with E-state index < -0.39 is 31.2 Å². The Bertz CT molecular complexity index is 3030. The number of aromatic carboxylic acids is 1. The van der Waals surface area contributed by atoms with Crippen molar-refractivity contribution >= 4 is 45.2 Å². The Kier molecular flexibility index (Phi) is 12.9. The molecule has 0 radical (unpaired) electrons. The summed E-state index contributed by atoms with van der Waals surface area (Å²) in [5.74, 6) is -0.941. The van der Waals surface area contributed by atoms with E-state index in [0.717, 1.165) is 39.3 Å². The predicted molar refractivity (Wildman–Crippen MR) is 236 cm³/mol. The molecule has 0 amide bonds. The van der Waals surface area contributed by atoms with Gasteiger partial charge in [0.1, 0.15) is 23.7 Å². The molecule has 8 rings (SSSR count). The number of anilines is 2. The van der Waals surface area contributed by atoms with Gasteiger partial charge in [-0.25, -0.2) is 14.8 Å². The highest BCUT2D eigenvalue weighted by Gasteiger charge is 2.28. The maximum absolute atomic E-state index is 12.7. The van der Waals surface area contributed by atoms with Gasteiger partial charge in [0.25, 0.3) is 0 Å². The summed E-state index contributed by atoms with van der Waals surface area (Å²) in [7, 11) is 3.59. The number of hydrogen-bond donors (Lipinski definition) is 3. The van der Waals surface area contributed by atoms with Gasteiger partial charge in [0.2, 0.25) is 0 Å². The van der Waals surface area contributed by atoms with E-state index in [4.69, 9.17) is 0 Å². The van der Waals surface area contributed by atoms with Crippen LogP contribution in [0.3, 0.4) is 0 Å². The lowest BCUT2D eigenvalue weighted by Crippen LogP contribution is -2.14. The van der Waals surface area contributed by atoms with E-state index >= 15 is 0 Å². The lowest BCUT2D eigenvalue weighted by atomic mass is 10.0. The third-order valence-electron chi connectivity index (χ3n) is 10.8. The summed E-state index contributed by atoms with van der Waals surface area (Å²) in [6.45, 7) is 4.88. The first-order valence-corrected chi connectivity index (χ1v) is 20.4. The van der Waals surface area contributed by atoms with Crippen LogP contribution < -0.4 is 10.6 Å². The highest BCUT2D eigenvalue weighted by molar-refractivity contribution is 5.98. The summed E-state index contributed by atoms with van der Waals surface area (Å²) in [4.78, 5) is 32.4. The van der Waals surface area contributed by atoms with Crippen LogP contribution in [0.25, 0.3) is 56.0 Å². The maximum atomic E-state index is 12.7. The molecule has 3 N–H and O–H groups in total. The fourth-order valence-corrected chi connectivity index (χ4v) is 7.54. The average Bonchev–Trinajstić information content (AvgIpc) is 4.06. The van der Waals surface area contributed by atoms with Crippen LogP contribution in [0.2, 0.25) is 0 Å². The smallest absolute Gasteiger partial charge is 0.390 e. The second kappa shape index (κ2) is 18.3. The zero-order valence-corrected chi connectivity index (χ0v) is 35.9. The minimum Gasteiger partial charge on any atom is -0.478 e. The molecule has 0 saturated heterocycles. The normalized spacial score (nSPS) is 11.8. The summed E-state index contributed by atoms with van der Waals surface area (Å²) in [5, 5.41) is 23.4. The minimum atomic E-state index is -4.27. The number of aryl methyl sites for hydroxylation is 4. The Morgan fingerprint density at radius 1 is 0.631 bits per heavy atom. The van der Waals surface area contributed by atoms with Crippen LogP contribution in [-0.4, -0.2) is 81.0 Å². The van der Waals surface area contributed by atoms with Gasteiger partial charge in [0.15, 0.2) is 5.78 Å². The van der Waals surface area contributed by atoms with Crippen LogP contribution in [-0.2, 0) is 14.1 Å². The summed E-state index contributed by atoms with van der Waals surface area (Å²) in [6.07, 6.45) is -3.49. The van der Waals surface area contributed by atoms with E-state index in [1.165, 1.54) is 6.07 Å². The molecular weight excluding hydrogens is 855 g/mol. The highest BCUT2D eigenvalue weighted by Crippen LogP contribution is 2.35. The van der Waals surface area contributed by atoms with Crippen LogP contribution in [0.5, 0.6) is 0 Å². The van der Waals surface area contributed by atoms with Crippen molar-refractivity contribution in [1.29, 1.82) is 0 Å². The molecular formula is C46H44F6N10O3. The van der Waals surface area contributed by atoms with E-state index in [2.05, 4.69) is 30.8 Å². The van der Waals surface area contributed by atoms with Gasteiger partial charge in [-0.15, -0.1) is 0 Å². The number of benzene rings is 4. The lowest BCUT2D eigenvalue weighted by molar-refractivity contribution is -0.132. The van der Waals surface area contributed by atoms with Crippen molar-refractivity contribution in [2.45, 2.75) is 52.4 Å². The molecule has 0 fully saturated rings. The number of alkyl halides is 6. The molecule has 4 aromatic carbocycles.